The Morgan fingerprint density at radius 1 is 1.07 bits per heavy atom. The molecule has 0 aliphatic heterocycles. The molecule has 8 heteroatoms. The number of pyridine rings is 1. The molecule has 3 aromatic rings. The Kier molecular flexibility index (Phi) is 7.10. The Morgan fingerprint density at radius 2 is 1.70 bits per heavy atom. The molecule has 1 aromatic carbocycles. The van der Waals surface area contributed by atoms with Gasteiger partial charge in [-0.05, 0) is 30.3 Å². The van der Waals surface area contributed by atoms with Crippen molar-refractivity contribution in [3.63, 3.8) is 0 Å². The summed E-state index contributed by atoms with van der Waals surface area (Å²) in [5.74, 6) is -2.03. The Morgan fingerprint density at radius 3 is 2.37 bits per heavy atom. The van der Waals surface area contributed by atoms with E-state index in [4.69, 9.17) is 23.2 Å². The first-order valence-electron chi connectivity index (χ1n) is 8.05. The molecule has 2 heterocycles. The van der Waals surface area contributed by atoms with Crippen LogP contribution in [0.15, 0.2) is 48.9 Å². The lowest BCUT2D eigenvalue weighted by atomic mass is 10.0. The normalized spacial score (nSPS) is 9.96. The van der Waals surface area contributed by atoms with Crippen molar-refractivity contribution in [1.29, 1.82) is 0 Å². The number of ketones is 1. The summed E-state index contributed by atoms with van der Waals surface area (Å²) in [4.78, 5) is 31.2. The first-order valence-corrected chi connectivity index (χ1v) is 8.81. The number of nitrogens with zero attached hydrogens (tertiary/aromatic N) is 1. The first-order chi connectivity index (χ1) is 13.0. The highest BCUT2D eigenvalue weighted by Crippen LogP contribution is 2.28. The second kappa shape index (κ2) is 9.30. The summed E-state index contributed by atoms with van der Waals surface area (Å²) in [5, 5.41) is 2.37. The summed E-state index contributed by atoms with van der Waals surface area (Å²) < 4.78 is 14.1. The van der Waals surface area contributed by atoms with Gasteiger partial charge >= 0.3 is 0 Å². The van der Waals surface area contributed by atoms with E-state index >= 15 is 0 Å². The third-order valence-corrected chi connectivity index (χ3v) is 4.01. The largest absolute Gasteiger partial charge is 0.356 e. The van der Waals surface area contributed by atoms with Gasteiger partial charge in [0, 0.05) is 29.8 Å². The molecule has 0 fully saturated rings. The minimum atomic E-state index is -0.900. The molecule has 0 saturated heterocycles. The summed E-state index contributed by atoms with van der Waals surface area (Å²) in [6, 6.07) is 7.15. The molecule has 0 radical (unpaired) electrons. The number of hydrogen-bond acceptors (Lipinski definition) is 3. The molecule has 0 spiro atoms. The van der Waals surface area contributed by atoms with Gasteiger partial charge in [0.25, 0.3) is 5.91 Å². The van der Waals surface area contributed by atoms with Crippen LogP contribution >= 0.6 is 23.2 Å². The van der Waals surface area contributed by atoms with E-state index in [9.17, 15) is 14.0 Å². The number of rotatable bonds is 4. The number of H-pyrrole nitrogens is 1. The zero-order valence-corrected chi connectivity index (χ0v) is 16.0. The average molecular weight is 408 g/mol. The van der Waals surface area contributed by atoms with Crippen LogP contribution in [0, 0.1) is 5.82 Å². The fourth-order valence-corrected chi connectivity index (χ4v) is 2.56. The monoisotopic (exact) mass is 407 g/mol. The SMILES string of the molecule is CC.O=C(Nc1ccncc1)c1cc(C(=O)c2c(Cl)ccc(Cl)c2F)c[nH]1. The van der Waals surface area contributed by atoms with E-state index in [0.717, 1.165) is 0 Å². The highest BCUT2D eigenvalue weighted by atomic mass is 35.5. The topological polar surface area (TPSA) is 74.8 Å². The number of halogens is 3. The van der Waals surface area contributed by atoms with Crippen LogP contribution in [-0.2, 0) is 0 Å². The molecule has 27 heavy (non-hydrogen) atoms. The second-order valence-corrected chi connectivity index (χ2v) is 5.85. The number of benzene rings is 1. The number of anilines is 1. The van der Waals surface area contributed by atoms with Crippen LogP contribution in [0.3, 0.4) is 0 Å². The van der Waals surface area contributed by atoms with Gasteiger partial charge in [-0.2, -0.15) is 0 Å². The molecule has 2 aromatic heterocycles. The van der Waals surface area contributed by atoms with Gasteiger partial charge in [-0.3, -0.25) is 14.6 Å². The second-order valence-electron chi connectivity index (χ2n) is 5.04. The quantitative estimate of drug-likeness (QED) is 0.451. The van der Waals surface area contributed by atoms with Gasteiger partial charge in [-0.25, -0.2) is 4.39 Å². The highest BCUT2D eigenvalue weighted by molar-refractivity contribution is 6.37. The molecule has 3 rings (SSSR count). The standard InChI is InChI=1S/C17H10Cl2FN3O2.C2H6/c18-11-1-2-12(19)15(20)14(11)16(24)9-7-13(22-8-9)17(25)23-10-3-5-21-6-4-10;1-2/h1-8,22H,(H,21,23,25);1-2H3. The lowest BCUT2D eigenvalue weighted by Gasteiger charge is -2.05. The van der Waals surface area contributed by atoms with Crippen molar-refractivity contribution in [2.75, 3.05) is 5.32 Å². The number of aromatic nitrogens is 2. The van der Waals surface area contributed by atoms with E-state index in [1.165, 1.54) is 36.8 Å². The Labute approximate surface area is 165 Å². The van der Waals surface area contributed by atoms with E-state index in [1.807, 2.05) is 13.8 Å². The molecule has 0 unspecified atom stereocenters. The van der Waals surface area contributed by atoms with Crippen molar-refractivity contribution >= 4 is 40.6 Å². The smallest absolute Gasteiger partial charge is 0.272 e. The van der Waals surface area contributed by atoms with E-state index in [1.54, 1.807) is 12.1 Å². The summed E-state index contributed by atoms with van der Waals surface area (Å²) >= 11 is 11.6. The Hall–Kier alpha value is -2.70. The number of carbonyl (C=O) groups excluding carboxylic acids is 2. The lowest BCUT2D eigenvalue weighted by Crippen LogP contribution is -2.12. The van der Waals surface area contributed by atoms with Gasteiger partial charge < -0.3 is 10.3 Å². The van der Waals surface area contributed by atoms with Crippen molar-refractivity contribution in [2.45, 2.75) is 13.8 Å². The molecule has 0 atom stereocenters. The van der Waals surface area contributed by atoms with Crippen molar-refractivity contribution in [2.24, 2.45) is 0 Å². The number of hydrogen-bond donors (Lipinski definition) is 2. The fourth-order valence-electron chi connectivity index (χ4n) is 2.17. The maximum atomic E-state index is 14.1. The fraction of sp³-hybridized carbons (Fsp3) is 0.105. The van der Waals surface area contributed by atoms with E-state index < -0.39 is 17.5 Å². The summed E-state index contributed by atoms with van der Waals surface area (Å²) in [6.07, 6.45) is 4.37. The van der Waals surface area contributed by atoms with Crippen LogP contribution in [0.25, 0.3) is 0 Å². The summed E-state index contributed by atoms with van der Waals surface area (Å²) in [7, 11) is 0. The molecule has 0 saturated carbocycles. The molecule has 0 bridgehead atoms. The van der Waals surface area contributed by atoms with E-state index in [0.29, 0.717) is 5.69 Å². The molecular weight excluding hydrogens is 392 g/mol. The van der Waals surface area contributed by atoms with Gasteiger partial charge in [0.2, 0.25) is 0 Å². The van der Waals surface area contributed by atoms with Crippen molar-refractivity contribution in [3.05, 3.63) is 81.6 Å². The number of carbonyl (C=O) groups is 2. The molecular formula is C19H16Cl2FN3O2. The van der Waals surface area contributed by atoms with Crippen LogP contribution < -0.4 is 5.32 Å². The van der Waals surface area contributed by atoms with Gasteiger partial charge in [0.05, 0.1) is 15.6 Å². The Balaban J connectivity index is 0.00000126. The summed E-state index contributed by atoms with van der Waals surface area (Å²) in [6.45, 7) is 4.00. The minimum absolute atomic E-state index is 0.0594. The molecule has 1 amide bonds. The van der Waals surface area contributed by atoms with Crippen LogP contribution in [0.4, 0.5) is 10.1 Å². The molecule has 140 valence electrons. The van der Waals surface area contributed by atoms with Crippen LogP contribution in [0.1, 0.15) is 40.3 Å². The van der Waals surface area contributed by atoms with Gasteiger partial charge in [-0.1, -0.05) is 37.0 Å². The maximum Gasteiger partial charge on any atom is 0.272 e. The third kappa shape index (κ3) is 4.72. The zero-order valence-electron chi connectivity index (χ0n) is 14.5. The van der Waals surface area contributed by atoms with Gasteiger partial charge in [0.15, 0.2) is 11.6 Å². The van der Waals surface area contributed by atoms with Crippen molar-refractivity contribution in [1.82, 2.24) is 9.97 Å². The average Bonchev–Trinajstić information content (AvgIpc) is 3.18. The molecule has 0 aliphatic rings. The molecule has 5 nitrogen and oxygen atoms in total. The summed E-state index contributed by atoms with van der Waals surface area (Å²) in [5.41, 5.74) is 0.433. The van der Waals surface area contributed by atoms with E-state index in [2.05, 4.69) is 15.3 Å². The number of aromatic amines is 1. The van der Waals surface area contributed by atoms with Gasteiger partial charge in [0.1, 0.15) is 5.69 Å². The number of nitrogens with one attached hydrogen (secondary N) is 2. The van der Waals surface area contributed by atoms with Crippen LogP contribution in [-0.4, -0.2) is 21.7 Å². The molecule has 2 N–H and O–H groups in total. The number of amides is 1. The van der Waals surface area contributed by atoms with Crippen LogP contribution in [0.2, 0.25) is 10.0 Å². The predicted molar refractivity (Wildman–Crippen MR) is 104 cm³/mol. The van der Waals surface area contributed by atoms with Crippen molar-refractivity contribution in [3.8, 4) is 0 Å². The maximum absolute atomic E-state index is 14.1. The third-order valence-electron chi connectivity index (χ3n) is 3.40. The Bertz CT molecular complexity index is 959. The first kappa shape index (κ1) is 20.6. The van der Waals surface area contributed by atoms with Crippen molar-refractivity contribution < 1.29 is 14.0 Å². The highest BCUT2D eigenvalue weighted by Gasteiger charge is 2.22. The lowest BCUT2D eigenvalue weighted by molar-refractivity contribution is 0.102. The van der Waals surface area contributed by atoms with Crippen LogP contribution in [0.5, 0.6) is 0 Å². The van der Waals surface area contributed by atoms with E-state index in [-0.39, 0.29) is 26.9 Å². The van der Waals surface area contributed by atoms with Gasteiger partial charge in [-0.15, -0.1) is 0 Å². The zero-order chi connectivity index (χ0) is 20.0. The molecule has 0 aliphatic carbocycles. The minimum Gasteiger partial charge on any atom is -0.356 e. The predicted octanol–water partition coefficient (Wildman–Crippen LogP) is 5.37.